The molecular formula is C23H20F4N2O2. The Kier molecular flexibility index (Phi) is 5.13. The number of hydrogen-bond acceptors (Lipinski definition) is 3. The van der Waals surface area contributed by atoms with E-state index in [0.29, 0.717) is 22.1 Å². The molecular weight excluding hydrogens is 412 g/mol. The third kappa shape index (κ3) is 3.83. The number of hydrogen-bond donors (Lipinski definition) is 2. The van der Waals surface area contributed by atoms with Gasteiger partial charge in [-0.05, 0) is 53.4 Å². The van der Waals surface area contributed by atoms with Gasteiger partial charge >= 0.3 is 6.18 Å². The van der Waals surface area contributed by atoms with Gasteiger partial charge < -0.3 is 15.8 Å². The van der Waals surface area contributed by atoms with Crippen LogP contribution in [-0.2, 0) is 6.18 Å². The van der Waals surface area contributed by atoms with E-state index in [0.717, 1.165) is 12.1 Å². The van der Waals surface area contributed by atoms with Crippen molar-refractivity contribution in [3.05, 3.63) is 71.3 Å². The largest absolute Gasteiger partial charge is 0.457 e. The first-order chi connectivity index (χ1) is 14.6. The van der Waals surface area contributed by atoms with Gasteiger partial charge in [-0.15, -0.1) is 0 Å². The minimum Gasteiger partial charge on any atom is -0.457 e. The standard InChI is InChI=1S/C23H20F4N2O2/c1-13(22(24)11-29-12-22)20-17-3-2-4-19(16(17)9-10-18(20)21(28)30)31-15-7-5-14(6-8-15)23(25,26)27/h2-10,13,29H,11-12H2,1H3,(H2,28,30). The Morgan fingerprint density at radius 1 is 1.06 bits per heavy atom. The van der Waals surface area contributed by atoms with E-state index in [1.54, 1.807) is 31.2 Å². The van der Waals surface area contributed by atoms with Crippen molar-refractivity contribution in [3.8, 4) is 11.5 Å². The van der Waals surface area contributed by atoms with Crippen LogP contribution >= 0.6 is 0 Å². The second-order valence-electron chi connectivity index (χ2n) is 7.73. The monoisotopic (exact) mass is 432 g/mol. The van der Waals surface area contributed by atoms with Gasteiger partial charge in [0.05, 0.1) is 5.56 Å². The van der Waals surface area contributed by atoms with Crippen molar-refractivity contribution in [3.63, 3.8) is 0 Å². The molecule has 3 aromatic carbocycles. The van der Waals surface area contributed by atoms with Gasteiger partial charge in [0.25, 0.3) is 0 Å². The summed E-state index contributed by atoms with van der Waals surface area (Å²) in [5.41, 5.74) is 3.99. The second kappa shape index (κ2) is 7.53. The number of nitrogens with two attached hydrogens (primary N) is 1. The van der Waals surface area contributed by atoms with E-state index in [1.807, 2.05) is 0 Å². The summed E-state index contributed by atoms with van der Waals surface area (Å²) in [4.78, 5) is 12.1. The number of amides is 1. The number of fused-ring (bicyclic) bond motifs is 1. The molecule has 1 fully saturated rings. The number of carbonyl (C=O) groups excluding carboxylic acids is 1. The van der Waals surface area contributed by atoms with Gasteiger partial charge in [0, 0.05) is 30.0 Å². The number of halogens is 4. The lowest BCUT2D eigenvalue weighted by atomic mass is 9.77. The highest BCUT2D eigenvalue weighted by molar-refractivity contribution is 6.02. The van der Waals surface area contributed by atoms with Crippen LogP contribution in [0.5, 0.6) is 11.5 Å². The molecule has 1 saturated heterocycles. The summed E-state index contributed by atoms with van der Waals surface area (Å²) in [5.74, 6) is -0.671. The average Bonchev–Trinajstić information content (AvgIpc) is 2.70. The lowest BCUT2D eigenvalue weighted by molar-refractivity contribution is -0.137. The number of alkyl halides is 4. The molecule has 1 amide bonds. The molecule has 1 unspecified atom stereocenters. The van der Waals surface area contributed by atoms with Crippen LogP contribution in [0.1, 0.15) is 34.3 Å². The van der Waals surface area contributed by atoms with E-state index >= 15 is 4.39 Å². The highest BCUT2D eigenvalue weighted by atomic mass is 19.4. The fourth-order valence-electron chi connectivity index (χ4n) is 3.89. The Bertz CT molecular complexity index is 1140. The second-order valence-corrected chi connectivity index (χ2v) is 7.73. The van der Waals surface area contributed by atoms with Crippen LogP contribution in [0.3, 0.4) is 0 Å². The van der Waals surface area contributed by atoms with Crippen molar-refractivity contribution < 1.29 is 27.1 Å². The molecule has 1 aliphatic heterocycles. The Balaban J connectivity index is 1.78. The maximum absolute atomic E-state index is 15.2. The van der Waals surface area contributed by atoms with Crippen molar-refractivity contribution in [2.45, 2.75) is 24.7 Å². The van der Waals surface area contributed by atoms with Crippen LogP contribution in [0.4, 0.5) is 17.6 Å². The smallest absolute Gasteiger partial charge is 0.416 e. The van der Waals surface area contributed by atoms with Crippen molar-refractivity contribution in [1.29, 1.82) is 0 Å². The summed E-state index contributed by atoms with van der Waals surface area (Å²) in [7, 11) is 0. The summed E-state index contributed by atoms with van der Waals surface area (Å²) >= 11 is 0. The van der Waals surface area contributed by atoms with Crippen LogP contribution in [0.2, 0.25) is 0 Å². The Labute approximate surface area is 176 Å². The molecule has 0 saturated carbocycles. The number of carbonyl (C=O) groups is 1. The molecule has 1 heterocycles. The van der Waals surface area contributed by atoms with Crippen molar-refractivity contribution >= 4 is 16.7 Å². The van der Waals surface area contributed by atoms with Crippen molar-refractivity contribution in [2.75, 3.05) is 13.1 Å². The van der Waals surface area contributed by atoms with Gasteiger partial charge in [-0.2, -0.15) is 13.2 Å². The predicted molar refractivity (Wildman–Crippen MR) is 109 cm³/mol. The summed E-state index contributed by atoms with van der Waals surface area (Å²) < 4.78 is 59.4. The molecule has 0 aromatic heterocycles. The molecule has 1 aliphatic rings. The van der Waals surface area contributed by atoms with Gasteiger partial charge in [-0.1, -0.05) is 19.1 Å². The molecule has 0 bridgehead atoms. The van der Waals surface area contributed by atoms with Crippen LogP contribution in [-0.4, -0.2) is 24.7 Å². The molecule has 31 heavy (non-hydrogen) atoms. The zero-order valence-electron chi connectivity index (χ0n) is 16.6. The summed E-state index contributed by atoms with van der Waals surface area (Å²) in [6, 6.07) is 12.6. The summed E-state index contributed by atoms with van der Waals surface area (Å²) in [5, 5.41) is 4.12. The van der Waals surface area contributed by atoms with Gasteiger partial charge in [-0.25, -0.2) is 4.39 Å². The van der Waals surface area contributed by atoms with E-state index in [1.165, 1.54) is 18.2 Å². The minimum absolute atomic E-state index is 0.171. The van der Waals surface area contributed by atoms with E-state index in [2.05, 4.69) is 5.32 Å². The Hall–Kier alpha value is -3.13. The van der Waals surface area contributed by atoms with Crippen LogP contribution in [0.25, 0.3) is 10.8 Å². The maximum atomic E-state index is 15.2. The van der Waals surface area contributed by atoms with Gasteiger partial charge in [0.2, 0.25) is 5.91 Å². The molecule has 0 spiro atoms. The summed E-state index contributed by atoms with van der Waals surface area (Å²) in [6.07, 6.45) is -4.44. The van der Waals surface area contributed by atoms with E-state index < -0.39 is 29.2 Å². The summed E-state index contributed by atoms with van der Waals surface area (Å²) in [6.45, 7) is 2.06. The van der Waals surface area contributed by atoms with E-state index in [4.69, 9.17) is 10.5 Å². The lowest BCUT2D eigenvalue weighted by Gasteiger charge is -2.41. The lowest BCUT2D eigenvalue weighted by Crippen LogP contribution is -2.59. The van der Waals surface area contributed by atoms with Crippen LogP contribution < -0.4 is 15.8 Å². The molecule has 4 rings (SSSR count). The van der Waals surface area contributed by atoms with Crippen molar-refractivity contribution in [1.82, 2.24) is 5.32 Å². The quantitative estimate of drug-likeness (QED) is 0.547. The molecule has 3 N–H and O–H groups in total. The first kappa shape index (κ1) is 21.1. The van der Waals surface area contributed by atoms with Gasteiger partial charge in [0.15, 0.2) is 0 Å². The topological polar surface area (TPSA) is 64.4 Å². The van der Waals surface area contributed by atoms with Crippen LogP contribution in [0.15, 0.2) is 54.6 Å². The molecule has 162 valence electrons. The molecule has 1 atom stereocenters. The minimum atomic E-state index is -4.44. The number of nitrogens with one attached hydrogen (secondary N) is 1. The van der Waals surface area contributed by atoms with Gasteiger partial charge in [0.1, 0.15) is 17.2 Å². The van der Waals surface area contributed by atoms with E-state index in [9.17, 15) is 18.0 Å². The Morgan fingerprint density at radius 3 is 2.29 bits per heavy atom. The average molecular weight is 432 g/mol. The highest BCUT2D eigenvalue weighted by Crippen LogP contribution is 2.42. The molecule has 0 radical (unpaired) electrons. The number of benzene rings is 3. The Morgan fingerprint density at radius 2 is 1.74 bits per heavy atom. The molecule has 3 aromatic rings. The first-order valence-electron chi connectivity index (χ1n) is 9.70. The predicted octanol–water partition coefficient (Wildman–Crippen LogP) is 5.16. The normalized spacial score (nSPS) is 16.5. The number of ether oxygens (including phenoxy) is 1. The number of rotatable bonds is 5. The molecule has 0 aliphatic carbocycles. The fraction of sp³-hybridized carbons (Fsp3) is 0.261. The van der Waals surface area contributed by atoms with Crippen molar-refractivity contribution in [2.24, 2.45) is 5.73 Å². The molecule has 4 nitrogen and oxygen atoms in total. The zero-order valence-corrected chi connectivity index (χ0v) is 16.6. The zero-order chi connectivity index (χ0) is 22.4. The third-order valence-electron chi connectivity index (χ3n) is 5.78. The fourth-order valence-corrected chi connectivity index (χ4v) is 3.89. The van der Waals surface area contributed by atoms with Gasteiger partial charge in [-0.3, -0.25) is 4.79 Å². The van der Waals surface area contributed by atoms with E-state index in [-0.39, 0.29) is 24.4 Å². The number of primary amides is 1. The maximum Gasteiger partial charge on any atom is 0.416 e. The first-order valence-corrected chi connectivity index (χ1v) is 9.70. The molecule has 8 heteroatoms. The highest BCUT2D eigenvalue weighted by Gasteiger charge is 2.44. The van der Waals surface area contributed by atoms with Crippen LogP contribution in [0, 0.1) is 0 Å². The third-order valence-corrected chi connectivity index (χ3v) is 5.78. The SMILES string of the molecule is CC(c1c(C(N)=O)ccc2c(Oc3ccc(C(F)(F)F)cc3)cccc12)C1(F)CNC1.